The van der Waals surface area contributed by atoms with Gasteiger partial charge in [0, 0.05) is 36.8 Å². The van der Waals surface area contributed by atoms with E-state index in [1.165, 1.54) is 30.9 Å². The number of carbonyl (C=O) groups excluding carboxylic acids is 1. The number of nitrogens with zero attached hydrogens (tertiary/aromatic N) is 4. The minimum atomic E-state index is -1.09. The molecular formula is C22H22F2N6O3. The van der Waals surface area contributed by atoms with Gasteiger partial charge in [-0.25, -0.2) is 23.7 Å². The topological polar surface area (TPSA) is 111 Å². The number of alkyl halides is 1. The van der Waals surface area contributed by atoms with Crippen LogP contribution in [0.3, 0.4) is 0 Å². The predicted molar refractivity (Wildman–Crippen MR) is 114 cm³/mol. The Bertz CT molecular complexity index is 1120. The Balaban J connectivity index is 1.47. The summed E-state index contributed by atoms with van der Waals surface area (Å²) in [6.07, 6.45) is 6.00. The third-order valence-corrected chi connectivity index (χ3v) is 4.90. The summed E-state index contributed by atoms with van der Waals surface area (Å²) < 4.78 is 38.5. The summed E-state index contributed by atoms with van der Waals surface area (Å²) in [6, 6.07) is 2.22. The molecule has 3 aromatic rings. The van der Waals surface area contributed by atoms with E-state index in [0.29, 0.717) is 43.3 Å². The molecule has 0 bridgehead atoms. The molecule has 9 nitrogen and oxygen atoms in total. The fraction of sp³-hybridized carbons (Fsp3) is 0.318. The van der Waals surface area contributed by atoms with E-state index in [9.17, 15) is 13.6 Å². The number of rotatable bonds is 7. The van der Waals surface area contributed by atoms with Gasteiger partial charge in [0.15, 0.2) is 11.6 Å². The summed E-state index contributed by atoms with van der Waals surface area (Å²) in [5.74, 6) is -0.108. The van der Waals surface area contributed by atoms with Crippen LogP contribution in [0.5, 0.6) is 17.4 Å². The maximum Gasteiger partial charge on any atom is 0.262 e. The van der Waals surface area contributed by atoms with Crippen molar-refractivity contribution in [2.75, 3.05) is 19.7 Å². The van der Waals surface area contributed by atoms with Gasteiger partial charge in [0.05, 0.1) is 30.6 Å². The van der Waals surface area contributed by atoms with Crippen molar-refractivity contribution in [3.05, 3.63) is 54.5 Å². The van der Waals surface area contributed by atoms with Gasteiger partial charge in [-0.3, -0.25) is 9.78 Å². The first-order valence-electron chi connectivity index (χ1n) is 10.4. The summed E-state index contributed by atoms with van der Waals surface area (Å²) in [6.45, 7) is 3.04. The van der Waals surface area contributed by atoms with Crippen LogP contribution in [0, 0.1) is 5.82 Å². The second kappa shape index (κ2) is 10.3. The van der Waals surface area contributed by atoms with Crippen LogP contribution in [0.1, 0.15) is 23.7 Å². The highest BCUT2D eigenvalue weighted by atomic mass is 19.1. The van der Waals surface area contributed by atoms with Crippen molar-refractivity contribution in [1.82, 2.24) is 30.6 Å². The molecule has 4 heterocycles. The molecule has 1 fully saturated rings. The van der Waals surface area contributed by atoms with Crippen LogP contribution in [-0.4, -0.2) is 57.8 Å². The zero-order valence-electron chi connectivity index (χ0n) is 17.8. The largest absolute Gasteiger partial charge is 0.488 e. The highest BCUT2D eigenvalue weighted by Gasteiger charge is 2.26. The van der Waals surface area contributed by atoms with E-state index in [-0.39, 0.29) is 17.2 Å². The molecule has 172 valence electrons. The minimum absolute atomic E-state index is 0.0912. The van der Waals surface area contributed by atoms with Gasteiger partial charge < -0.3 is 20.1 Å². The molecule has 1 amide bonds. The first-order valence-corrected chi connectivity index (χ1v) is 10.4. The number of aromatic nitrogens is 4. The molecule has 3 aromatic heterocycles. The fourth-order valence-electron chi connectivity index (χ4n) is 3.27. The number of halogens is 2. The van der Waals surface area contributed by atoms with E-state index in [4.69, 9.17) is 9.47 Å². The zero-order valence-corrected chi connectivity index (χ0v) is 17.8. The molecule has 0 saturated carbocycles. The Labute approximate surface area is 188 Å². The van der Waals surface area contributed by atoms with Crippen LogP contribution in [0.25, 0.3) is 11.4 Å². The number of pyridine rings is 2. The first-order chi connectivity index (χ1) is 16.0. The Morgan fingerprint density at radius 1 is 1.18 bits per heavy atom. The second-order valence-electron chi connectivity index (χ2n) is 7.29. The van der Waals surface area contributed by atoms with Gasteiger partial charge in [0.25, 0.3) is 11.8 Å². The average molecular weight is 456 g/mol. The van der Waals surface area contributed by atoms with Gasteiger partial charge in [-0.2, -0.15) is 0 Å². The molecule has 1 aliphatic rings. The van der Waals surface area contributed by atoms with Crippen molar-refractivity contribution >= 4 is 5.91 Å². The number of hydrogen-bond donors (Lipinski definition) is 2. The third kappa shape index (κ3) is 5.55. The zero-order chi connectivity index (χ0) is 23.2. The number of amides is 1. The Morgan fingerprint density at radius 2 is 2.00 bits per heavy atom. The molecule has 0 aliphatic carbocycles. The molecular weight excluding hydrogens is 434 g/mol. The van der Waals surface area contributed by atoms with Crippen molar-refractivity contribution in [3.8, 4) is 28.8 Å². The Hall–Kier alpha value is -3.73. The summed E-state index contributed by atoms with van der Waals surface area (Å²) in [7, 11) is 0. The van der Waals surface area contributed by atoms with Crippen LogP contribution in [0.4, 0.5) is 8.78 Å². The van der Waals surface area contributed by atoms with Gasteiger partial charge in [0.2, 0.25) is 0 Å². The van der Waals surface area contributed by atoms with E-state index < -0.39 is 23.9 Å². The lowest BCUT2D eigenvalue weighted by Crippen LogP contribution is -2.52. The van der Waals surface area contributed by atoms with Gasteiger partial charge in [-0.1, -0.05) is 0 Å². The highest BCUT2D eigenvalue weighted by Crippen LogP contribution is 2.30. The SMILES string of the molecule is CCOc1cc(F)cnc1Oc1cncc(-c2ncc(C(=O)N[C@@H]3CNCC[C@@H]3F)cn2)c1. The van der Waals surface area contributed by atoms with Crippen LogP contribution in [0.15, 0.2) is 43.1 Å². The van der Waals surface area contributed by atoms with Crippen molar-refractivity contribution in [1.29, 1.82) is 0 Å². The molecule has 0 spiro atoms. The maximum atomic E-state index is 14.0. The summed E-state index contributed by atoms with van der Waals surface area (Å²) in [5.41, 5.74) is 0.744. The lowest BCUT2D eigenvalue weighted by Gasteiger charge is -2.27. The van der Waals surface area contributed by atoms with E-state index in [2.05, 4.69) is 30.6 Å². The molecule has 1 aliphatic heterocycles. The van der Waals surface area contributed by atoms with Crippen LogP contribution < -0.4 is 20.1 Å². The molecule has 2 N–H and O–H groups in total. The van der Waals surface area contributed by atoms with Gasteiger partial charge in [-0.15, -0.1) is 0 Å². The maximum absolute atomic E-state index is 14.0. The normalized spacial score (nSPS) is 17.9. The predicted octanol–water partition coefficient (Wildman–Crippen LogP) is 2.69. The van der Waals surface area contributed by atoms with Crippen LogP contribution in [0.2, 0.25) is 0 Å². The van der Waals surface area contributed by atoms with Crippen molar-refractivity contribution < 1.29 is 23.0 Å². The number of hydrogen-bond acceptors (Lipinski definition) is 8. The number of piperidine rings is 1. The Kier molecular flexibility index (Phi) is 6.98. The molecule has 1 saturated heterocycles. The quantitative estimate of drug-likeness (QED) is 0.558. The van der Waals surface area contributed by atoms with Crippen molar-refractivity contribution in [2.45, 2.75) is 25.6 Å². The monoisotopic (exact) mass is 456 g/mol. The third-order valence-electron chi connectivity index (χ3n) is 4.90. The average Bonchev–Trinajstić information content (AvgIpc) is 2.83. The molecule has 0 unspecified atom stereocenters. The molecule has 11 heteroatoms. The summed E-state index contributed by atoms with van der Waals surface area (Å²) >= 11 is 0. The lowest BCUT2D eigenvalue weighted by molar-refractivity contribution is 0.0892. The van der Waals surface area contributed by atoms with Crippen molar-refractivity contribution in [2.24, 2.45) is 0 Å². The number of carbonyl (C=O) groups is 1. The molecule has 0 radical (unpaired) electrons. The fourth-order valence-corrected chi connectivity index (χ4v) is 3.27. The standard InChI is InChI=1S/C22H22F2N6O3/c1-2-32-19-6-15(23)10-29-22(19)33-16-5-13(7-26-11-16)20-27-8-14(9-28-20)21(31)30-18-12-25-4-3-17(18)24/h5-11,17-18,25H,2-4,12H2,1H3,(H,30,31)/t17-,18+/m0/s1. The second-order valence-corrected chi connectivity index (χ2v) is 7.29. The number of ether oxygens (including phenoxy) is 2. The molecule has 33 heavy (non-hydrogen) atoms. The molecule has 2 atom stereocenters. The molecule has 0 aromatic carbocycles. The smallest absolute Gasteiger partial charge is 0.262 e. The van der Waals surface area contributed by atoms with Gasteiger partial charge >= 0.3 is 0 Å². The number of nitrogens with one attached hydrogen (secondary N) is 2. The van der Waals surface area contributed by atoms with Crippen molar-refractivity contribution in [3.63, 3.8) is 0 Å². The van der Waals surface area contributed by atoms with Crippen LogP contribution >= 0.6 is 0 Å². The van der Waals surface area contributed by atoms with Crippen LogP contribution in [-0.2, 0) is 0 Å². The lowest BCUT2D eigenvalue weighted by atomic mass is 10.1. The molecule has 4 rings (SSSR count). The van der Waals surface area contributed by atoms with E-state index in [1.54, 1.807) is 13.0 Å². The minimum Gasteiger partial charge on any atom is -0.488 e. The Morgan fingerprint density at radius 3 is 2.76 bits per heavy atom. The van der Waals surface area contributed by atoms with E-state index in [1.807, 2.05) is 0 Å². The van der Waals surface area contributed by atoms with E-state index in [0.717, 1.165) is 6.20 Å². The van der Waals surface area contributed by atoms with Gasteiger partial charge in [0.1, 0.15) is 17.7 Å². The highest BCUT2D eigenvalue weighted by molar-refractivity contribution is 5.94. The summed E-state index contributed by atoms with van der Waals surface area (Å²) in [4.78, 5) is 28.9. The van der Waals surface area contributed by atoms with E-state index >= 15 is 0 Å². The first kappa shape index (κ1) is 22.5. The summed E-state index contributed by atoms with van der Waals surface area (Å²) in [5, 5.41) is 5.72. The van der Waals surface area contributed by atoms with Gasteiger partial charge in [-0.05, 0) is 26.0 Å².